The Morgan fingerprint density at radius 1 is 1.15 bits per heavy atom. The second-order valence-electron chi connectivity index (χ2n) is 8.23. The first-order valence-corrected chi connectivity index (χ1v) is 10.1. The average molecular weight is 357 g/mol. The molecule has 0 radical (unpaired) electrons. The van der Waals surface area contributed by atoms with Crippen molar-refractivity contribution >= 4 is 16.9 Å². The highest BCUT2D eigenvalue weighted by Gasteiger charge is 2.26. The van der Waals surface area contributed by atoms with Gasteiger partial charge >= 0.3 is 0 Å². The molecule has 0 aliphatic heterocycles. The van der Waals surface area contributed by atoms with E-state index in [1.54, 1.807) is 6.20 Å². The third-order valence-corrected chi connectivity index (χ3v) is 5.59. The molecule has 5 heteroatoms. The van der Waals surface area contributed by atoms with E-state index in [4.69, 9.17) is 4.98 Å². The Morgan fingerprint density at radius 2 is 1.81 bits per heavy atom. The van der Waals surface area contributed by atoms with Crippen LogP contribution in [0, 0.1) is 0 Å². The first-order valence-electron chi connectivity index (χ1n) is 10.1. The minimum Gasteiger partial charge on any atom is -0.339 e. The predicted molar refractivity (Wildman–Crippen MR) is 106 cm³/mol. The summed E-state index contributed by atoms with van der Waals surface area (Å²) in [6, 6.07) is 2.54. The Balaban J connectivity index is 2.03. The standard InChI is InChI=1S/C21H32N4O/c1-14(2)19-12-17(18-13-22-25(15(3)4)20(18)23-19)21(26)24(5)16-10-8-6-7-9-11-16/h12-16H,6-11H2,1-5H3. The van der Waals surface area contributed by atoms with Gasteiger partial charge in [-0.25, -0.2) is 9.67 Å². The highest BCUT2D eigenvalue weighted by molar-refractivity contribution is 6.05. The fourth-order valence-corrected chi connectivity index (χ4v) is 3.89. The van der Waals surface area contributed by atoms with E-state index < -0.39 is 0 Å². The Kier molecular flexibility index (Phi) is 5.64. The summed E-state index contributed by atoms with van der Waals surface area (Å²) in [5.74, 6) is 0.374. The van der Waals surface area contributed by atoms with Gasteiger partial charge in [-0.3, -0.25) is 4.79 Å². The molecule has 1 aliphatic rings. The summed E-state index contributed by atoms with van der Waals surface area (Å²) < 4.78 is 1.92. The minimum absolute atomic E-state index is 0.106. The number of nitrogens with zero attached hydrogens (tertiary/aromatic N) is 4. The first-order chi connectivity index (χ1) is 12.4. The predicted octanol–water partition coefficient (Wildman–Crippen LogP) is 4.93. The lowest BCUT2D eigenvalue weighted by atomic mass is 10.0. The zero-order valence-corrected chi connectivity index (χ0v) is 16.8. The summed E-state index contributed by atoms with van der Waals surface area (Å²) >= 11 is 0. The van der Waals surface area contributed by atoms with Crippen LogP contribution in [-0.2, 0) is 0 Å². The monoisotopic (exact) mass is 356 g/mol. The molecule has 26 heavy (non-hydrogen) atoms. The van der Waals surface area contributed by atoms with Gasteiger partial charge in [0.2, 0.25) is 0 Å². The van der Waals surface area contributed by atoms with E-state index in [-0.39, 0.29) is 17.9 Å². The number of fused-ring (bicyclic) bond motifs is 1. The Bertz CT molecular complexity index is 770. The largest absolute Gasteiger partial charge is 0.339 e. The minimum atomic E-state index is 0.106. The Morgan fingerprint density at radius 3 is 2.38 bits per heavy atom. The van der Waals surface area contributed by atoms with Gasteiger partial charge in [-0.1, -0.05) is 39.5 Å². The van der Waals surface area contributed by atoms with Crippen molar-refractivity contribution in [1.29, 1.82) is 0 Å². The second-order valence-corrected chi connectivity index (χ2v) is 8.23. The van der Waals surface area contributed by atoms with Gasteiger partial charge in [0.1, 0.15) is 0 Å². The van der Waals surface area contributed by atoms with Crippen molar-refractivity contribution in [2.24, 2.45) is 0 Å². The second kappa shape index (κ2) is 7.77. The molecule has 1 fully saturated rings. The van der Waals surface area contributed by atoms with Crippen molar-refractivity contribution in [3.8, 4) is 0 Å². The van der Waals surface area contributed by atoms with Crippen molar-refractivity contribution in [3.63, 3.8) is 0 Å². The van der Waals surface area contributed by atoms with Crippen molar-refractivity contribution in [2.75, 3.05) is 7.05 Å². The van der Waals surface area contributed by atoms with Gasteiger partial charge < -0.3 is 4.90 Å². The van der Waals surface area contributed by atoms with Gasteiger partial charge in [-0.05, 0) is 38.7 Å². The summed E-state index contributed by atoms with van der Waals surface area (Å²) in [5.41, 5.74) is 2.53. The van der Waals surface area contributed by atoms with E-state index in [0.29, 0.717) is 6.04 Å². The fourth-order valence-electron chi connectivity index (χ4n) is 3.89. The summed E-state index contributed by atoms with van der Waals surface area (Å²) in [5, 5.41) is 5.38. The molecule has 5 nitrogen and oxygen atoms in total. The van der Waals surface area contributed by atoms with Crippen LogP contribution in [0.15, 0.2) is 12.3 Å². The van der Waals surface area contributed by atoms with E-state index in [1.807, 2.05) is 22.7 Å². The number of amides is 1. The molecule has 1 saturated carbocycles. The summed E-state index contributed by atoms with van der Waals surface area (Å²) in [6.07, 6.45) is 9.04. The lowest BCUT2D eigenvalue weighted by Crippen LogP contribution is -2.37. The van der Waals surface area contributed by atoms with E-state index >= 15 is 0 Å². The number of carbonyl (C=O) groups is 1. The van der Waals surface area contributed by atoms with Crippen LogP contribution in [0.25, 0.3) is 11.0 Å². The zero-order valence-electron chi connectivity index (χ0n) is 16.8. The van der Waals surface area contributed by atoms with Crippen molar-refractivity contribution in [1.82, 2.24) is 19.7 Å². The molecule has 0 spiro atoms. The maximum atomic E-state index is 13.4. The molecule has 1 amide bonds. The highest BCUT2D eigenvalue weighted by atomic mass is 16.2. The van der Waals surface area contributed by atoms with Crippen LogP contribution in [0.2, 0.25) is 0 Å². The van der Waals surface area contributed by atoms with Gasteiger partial charge in [-0.15, -0.1) is 0 Å². The molecule has 142 valence electrons. The third-order valence-electron chi connectivity index (χ3n) is 5.59. The fraction of sp³-hybridized carbons (Fsp3) is 0.667. The highest BCUT2D eigenvalue weighted by Crippen LogP contribution is 2.27. The smallest absolute Gasteiger partial charge is 0.254 e. The molecular weight excluding hydrogens is 324 g/mol. The molecule has 2 aromatic heterocycles. The summed E-state index contributed by atoms with van der Waals surface area (Å²) in [4.78, 5) is 20.2. The summed E-state index contributed by atoms with van der Waals surface area (Å²) in [7, 11) is 1.96. The van der Waals surface area contributed by atoms with E-state index in [2.05, 4.69) is 32.8 Å². The molecular formula is C21H32N4O. The zero-order chi connectivity index (χ0) is 18.8. The lowest BCUT2D eigenvalue weighted by Gasteiger charge is -2.27. The molecule has 2 heterocycles. The van der Waals surface area contributed by atoms with Gasteiger partial charge in [-0.2, -0.15) is 5.10 Å². The van der Waals surface area contributed by atoms with E-state index in [1.165, 1.54) is 25.7 Å². The number of hydrogen-bond acceptors (Lipinski definition) is 3. The van der Waals surface area contributed by atoms with Crippen molar-refractivity contribution in [3.05, 3.63) is 23.5 Å². The van der Waals surface area contributed by atoms with Crippen molar-refractivity contribution in [2.45, 2.75) is 84.2 Å². The van der Waals surface area contributed by atoms with Gasteiger partial charge in [0.25, 0.3) is 5.91 Å². The first kappa shape index (κ1) is 18.9. The topological polar surface area (TPSA) is 51.0 Å². The van der Waals surface area contributed by atoms with Gasteiger partial charge in [0, 0.05) is 24.8 Å². The summed E-state index contributed by atoms with van der Waals surface area (Å²) in [6.45, 7) is 8.42. The van der Waals surface area contributed by atoms with Crippen LogP contribution >= 0.6 is 0 Å². The average Bonchev–Trinajstić information content (AvgIpc) is 2.86. The van der Waals surface area contributed by atoms with Crippen molar-refractivity contribution < 1.29 is 4.79 Å². The number of aromatic nitrogens is 3. The van der Waals surface area contributed by atoms with E-state index in [9.17, 15) is 4.79 Å². The van der Waals surface area contributed by atoms with Crippen LogP contribution < -0.4 is 0 Å². The van der Waals surface area contributed by atoms with Crippen LogP contribution in [-0.4, -0.2) is 38.7 Å². The normalized spacial score (nSPS) is 16.4. The molecule has 0 N–H and O–H groups in total. The number of rotatable bonds is 4. The molecule has 0 aromatic carbocycles. The molecule has 1 aliphatic carbocycles. The molecule has 0 bridgehead atoms. The van der Waals surface area contributed by atoms with E-state index in [0.717, 1.165) is 35.1 Å². The number of hydrogen-bond donors (Lipinski definition) is 0. The maximum absolute atomic E-state index is 13.4. The van der Waals surface area contributed by atoms with Gasteiger partial charge in [0.15, 0.2) is 5.65 Å². The third kappa shape index (κ3) is 3.62. The Labute approximate surface area is 156 Å². The SMILES string of the molecule is CC(C)c1cc(C(=O)N(C)C2CCCCCC2)c2cnn(C(C)C)c2n1. The molecule has 0 atom stereocenters. The lowest BCUT2D eigenvalue weighted by molar-refractivity contribution is 0.0719. The Hall–Kier alpha value is -1.91. The number of pyridine rings is 1. The van der Waals surface area contributed by atoms with Crippen LogP contribution in [0.1, 0.15) is 94.2 Å². The quantitative estimate of drug-likeness (QED) is 0.730. The van der Waals surface area contributed by atoms with Gasteiger partial charge in [0.05, 0.1) is 17.1 Å². The number of carbonyl (C=O) groups excluding carboxylic acids is 1. The molecule has 3 rings (SSSR count). The van der Waals surface area contributed by atoms with Crippen LogP contribution in [0.5, 0.6) is 0 Å². The molecule has 2 aromatic rings. The molecule has 0 unspecified atom stereocenters. The maximum Gasteiger partial charge on any atom is 0.254 e. The van der Waals surface area contributed by atoms with Crippen LogP contribution in [0.4, 0.5) is 0 Å². The van der Waals surface area contributed by atoms with Crippen LogP contribution in [0.3, 0.4) is 0 Å². The molecule has 0 saturated heterocycles.